The Hall–Kier alpha value is -1.76. The Labute approximate surface area is 111 Å². The van der Waals surface area contributed by atoms with E-state index < -0.39 is 17.7 Å². The van der Waals surface area contributed by atoms with Crippen LogP contribution in [0.1, 0.15) is 32.6 Å². The Bertz CT molecular complexity index is 339. The third-order valence-corrected chi connectivity index (χ3v) is 2.08. The molecule has 0 aromatic heterocycles. The van der Waals surface area contributed by atoms with Crippen LogP contribution in [0.5, 0.6) is 0 Å². The molecule has 0 rings (SSSR count). The van der Waals surface area contributed by atoms with E-state index in [2.05, 4.69) is 4.74 Å². The minimum absolute atomic E-state index is 0.0330. The van der Waals surface area contributed by atoms with Crippen molar-refractivity contribution in [1.82, 2.24) is 0 Å². The molecule has 0 bridgehead atoms. The average molecular weight is 273 g/mol. The first kappa shape index (κ1) is 17.2. The molecule has 19 heavy (non-hydrogen) atoms. The third kappa shape index (κ3) is 9.90. The number of ketones is 2. The van der Waals surface area contributed by atoms with E-state index in [9.17, 15) is 19.2 Å². The maximum absolute atomic E-state index is 11.3. The standard InChI is InChI=1S/C12H19NO6/c1-2-18-11(16)6-9(14)4-3-5-19-12(17)7-10(15)8-13/h2-8,13H2,1H3. The lowest BCUT2D eigenvalue weighted by Gasteiger charge is -2.04. The second-order valence-corrected chi connectivity index (χ2v) is 3.76. The van der Waals surface area contributed by atoms with Crippen molar-refractivity contribution >= 4 is 23.5 Å². The lowest BCUT2D eigenvalue weighted by Crippen LogP contribution is -2.19. The van der Waals surface area contributed by atoms with Gasteiger partial charge in [0.15, 0.2) is 5.78 Å². The number of hydrogen-bond acceptors (Lipinski definition) is 7. The molecule has 0 aliphatic heterocycles. The van der Waals surface area contributed by atoms with Gasteiger partial charge in [-0.3, -0.25) is 19.2 Å². The van der Waals surface area contributed by atoms with E-state index in [0.29, 0.717) is 6.42 Å². The molecule has 2 N–H and O–H groups in total. The fourth-order valence-corrected chi connectivity index (χ4v) is 1.20. The van der Waals surface area contributed by atoms with Crippen LogP contribution >= 0.6 is 0 Å². The van der Waals surface area contributed by atoms with Crippen molar-refractivity contribution < 1.29 is 28.7 Å². The fourth-order valence-electron chi connectivity index (χ4n) is 1.20. The number of carbonyl (C=O) groups is 4. The van der Waals surface area contributed by atoms with Gasteiger partial charge in [0.25, 0.3) is 0 Å². The van der Waals surface area contributed by atoms with E-state index in [4.69, 9.17) is 10.5 Å². The summed E-state index contributed by atoms with van der Waals surface area (Å²) in [6.45, 7) is 1.72. The van der Waals surface area contributed by atoms with Gasteiger partial charge in [-0.1, -0.05) is 0 Å². The topological polar surface area (TPSA) is 113 Å². The number of ether oxygens (including phenoxy) is 2. The summed E-state index contributed by atoms with van der Waals surface area (Å²) in [7, 11) is 0. The van der Waals surface area contributed by atoms with Crippen LogP contribution in [0.2, 0.25) is 0 Å². The summed E-state index contributed by atoms with van der Waals surface area (Å²) < 4.78 is 9.35. The van der Waals surface area contributed by atoms with E-state index in [1.54, 1.807) is 6.92 Å². The van der Waals surface area contributed by atoms with E-state index in [-0.39, 0.29) is 44.8 Å². The minimum atomic E-state index is -0.659. The molecule has 0 unspecified atom stereocenters. The van der Waals surface area contributed by atoms with Gasteiger partial charge in [0.2, 0.25) is 0 Å². The molecule has 7 nitrogen and oxygen atoms in total. The summed E-state index contributed by atoms with van der Waals surface area (Å²) in [6.07, 6.45) is -0.196. The number of hydrogen-bond donors (Lipinski definition) is 1. The van der Waals surface area contributed by atoms with E-state index in [1.807, 2.05) is 0 Å². The van der Waals surface area contributed by atoms with Crippen molar-refractivity contribution in [1.29, 1.82) is 0 Å². The van der Waals surface area contributed by atoms with Crippen LogP contribution in [0, 0.1) is 0 Å². The van der Waals surface area contributed by atoms with Crippen LogP contribution in [-0.4, -0.2) is 43.3 Å². The normalized spacial score (nSPS) is 9.79. The van der Waals surface area contributed by atoms with E-state index >= 15 is 0 Å². The average Bonchev–Trinajstić information content (AvgIpc) is 2.34. The highest BCUT2D eigenvalue weighted by Gasteiger charge is 2.11. The number of Topliss-reactive ketones (excluding diaryl/α,β-unsaturated/α-hetero) is 2. The largest absolute Gasteiger partial charge is 0.466 e. The second-order valence-electron chi connectivity index (χ2n) is 3.76. The number of nitrogens with two attached hydrogens (primary N) is 1. The quantitative estimate of drug-likeness (QED) is 0.331. The van der Waals surface area contributed by atoms with Crippen molar-refractivity contribution in [2.75, 3.05) is 19.8 Å². The highest BCUT2D eigenvalue weighted by molar-refractivity contribution is 5.96. The van der Waals surface area contributed by atoms with Gasteiger partial charge in [-0.25, -0.2) is 0 Å². The van der Waals surface area contributed by atoms with Crippen LogP contribution in [0.25, 0.3) is 0 Å². The summed E-state index contributed by atoms with van der Waals surface area (Å²) >= 11 is 0. The molecule has 0 aliphatic rings. The molecule has 0 fully saturated rings. The molecule has 108 valence electrons. The molecule has 0 atom stereocenters. The zero-order chi connectivity index (χ0) is 14.7. The first-order valence-corrected chi connectivity index (χ1v) is 6.04. The van der Waals surface area contributed by atoms with Gasteiger partial charge in [-0.2, -0.15) is 0 Å². The maximum atomic E-state index is 11.3. The summed E-state index contributed by atoms with van der Waals surface area (Å²) in [5.74, 6) is -1.89. The highest BCUT2D eigenvalue weighted by atomic mass is 16.5. The Morgan fingerprint density at radius 2 is 1.53 bits per heavy atom. The molecular weight excluding hydrogens is 254 g/mol. The first-order valence-electron chi connectivity index (χ1n) is 6.04. The van der Waals surface area contributed by atoms with Crippen molar-refractivity contribution in [3.8, 4) is 0 Å². The van der Waals surface area contributed by atoms with E-state index in [1.165, 1.54) is 0 Å². The van der Waals surface area contributed by atoms with Crippen LogP contribution < -0.4 is 5.73 Å². The minimum Gasteiger partial charge on any atom is -0.466 e. The van der Waals surface area contributed by atoms with Gasteiger partial charge in [0.05, 0.1) is 19.8 Å². The molecule has 0 aromatic rings. The Kier molecular flexibility index (Phi) is 9.25. The molecular formula is C12H19NO6. The number of esters is 2. The predicted octanol–water partition coefficient (Wildman–Crippen LogP) is -0.250. The lowest BCUT2D eigenvalue weighted by molar-refractivity contribution is -0.148. The molecule has 0 aliphatic carbocycles. The monoisotopic (exact) mass is 273 g/mol. The summed E-state index contributed by atoms with van der Waals surface area (Å²) in [5, 5.41) is 0. The molecule has 0 saturated heterocycles. The predicted molar refractivity (Wildman–Crippen MR) is 65.1 cm³/mol. The molecule has 0 saturated carbocycles. The van der Waals surface area contributed by atoms with Crippen molar-refractivity contribution in [3.63, 3.8) is 0 Å². The third-order valence-electron chi connectivity index (χ3n) is 2.08. The van der Waals surface area contributed by atoms with Gasteiger partial charge in [0.1, 0.15) is 18.6 Å². The Morgan fingerprint density at radius 1 is 0.947 bits per heavy atom. The lowest BCUT2D eigenvalue weighted by atomic mass is 10.2. The fraction of sp³-hybridized carbons (Fsp3) is 0.667. The van der Waals surface area contributed by atoms with Crippen molar-refractivity contribution in [3.05, 3.63) is 0 Å². The highest BCUT2D eigenvalue weighted by Crippen LogP contribution is 1.99. The van der Waals surface area contributed by atoms with Gasteiger partial charge >= 0.3 is 11.9 Å². The molecule has 0 heterocycles. The van der Waals surface area contributed by atoms with Gasteiger partial charge in [0, 0.05) is 6.42 Å². The van der Waals surface area contributed by atoms with Crippen molar-refractivity contribution in [2.24, 2.45) is 5.73 Å². The zero-order valence-electron chi connectivity index (χ0n) is 11.0. The molecule has 0 spiro atoms. The van der Waals surface area contributed by atoms with Gasteiger partial charge < -0.3 is 15.2 Å². The number of carbonyl (C=O) groups excluding carboxylic acids is 4. The number of rotatable bonds is 10. The molecule has 7 heteroatoms. The molecule has 0 aromatic carbocycles. The maximum Gasteiger partial charge on any atom is 0.313 e. The van der Waals surface area contributed by atoms with Gasteiger partial charge in [-0.15, -0.1) is 0 Å². The van der Waals surface area contributed by atoms with Crippen LogP contribution in [0.3, 0.4) is 0 Å². The second kappa shape index (κ2) is 10.2. The first-order chi connectivity index (χ1) is 8.99. The Morgan fingerprint density at radius 3 is 2.11 bits per heavy atom. The molecule has 0 amide bonds. The van der Waals surface area contributed by atoms with Crippen molar-refractivity contribution in [2.45, 2.75) is 32.6 Å². The molecule has 0 radical (unpaired) electrons. The summed E-state index contributed by atoms with van der Waals surface area (Å²) in [4.78, 5) is 44.1. The van der Waals surface area contributed by atoms with Crippen LogP contribution in [-0.2, 0) is 28.7 Å². The zero-order valence-corrected chi connectivity index (χ0v) is 11.0. The smallest absolute Gasteiger partial charge is 0.313 e. The SMILES string of the molecule is CCOC(=O)CC(=O)CCCOC(=O)CC(=O)CN. The van der Waals surface area contributed by atoms with Gasteiger partial charge in [-0.05, 0) is 13.3 Å². The summed E-state index contributed by atoms with van der Waals surface area (Å²) in [6, 6.07) is 0. The van der Waals surface area contributed by atoms with E-state index in [0.717, 1.165) is 0 Å². The van der Waals surface area contributed by atoms with Crippen LogP contribution in [0.4, 0.5) is 0 Å². The summed E-state index contributed by atoms with van der Waals surface area (Å²) in [5.41, 5.74) is 5.04. The Balaban J connectivity index is 3.63. The van der Waals surface area contributed by atoms with Crippen LogP contribution in [0.15, 0.2) is 0 Å².